The lowest BCUT2D eigenvalue weighted by Crippen LogP contribution is -2.58. The Hall–Kier alpha value is -3.48. The molecule has 34 heavy (non-hydrogen) atoms. The summed E-state index contributed by atoms with van der Waals surface area (Å²) in [6, 6.07) is -4.76. The molecule has 4 unspecified atom stereocenters. The van der Waals surface area contributed by atoms with Crippen LogP contribution in [0.4, 0.5) is 0 Å². The Bertz CT molecular complexity index is 856. The summed E-state index contributed by atoms with van der Waals surface area (Å²) in [5.74, 6) is -5.12. The Balaban J connectivity index is 2.95. The van der Waals surface area contributed by atoms with Gasteiger partial charge in [-0.2, -0.15) is 0 Å². The van der Waals surface area contributed by atoms with Crippen LogP contribution in [0, 0.1) is 11.8 Å². The number of carbonyl (C=O) groups is 5. The molecular weight excluding hydrogens is 448 g/mol. The van der Waals surface area contributed by atoms with E-state index in [0.717, 1.165) is 0 Å². The van der Waals surface area contributed by atoms with Crippen molar-refractivity contribution in [3.8, 4) is 0 Å². The predicted octanol–water partition coefficient (Wildman–Crippen LogP) is -1.00. The van der Waals surface area contributed by atoms with E-state index in [1.54, 1.807) is 13.8 Å². The molecule has 0 bridgehead atoms. The standard InChI is InChI=1S/C21H34N6O7/c1-10(2)5-14(19(31)26-15(21(33)34)6-12-8-23-9-24-12)25-20(32)17(11(3)4)27-18(30)13(22)7-16(28)29/h8-11,13-15,17H,5-7,22H2,1-4H3,(H,23,24)(H,25,32)(H,26,31)(H,27,30)(H,28,29)(H,33,34). The van der Waals surface area contributed by atoms with E-state index in [1.165, 1.54) is 12.5 Å². The number of carboxylic acids is 2. The molecule has 0 radical (unpaired) electrons. The van der Waals surface area contributed by atoms with E-state index in [9.17, 15) is 29.1 Å². The highest BCUT2D eigenvalue weighted by Gasteiger charge is 2.32. The molecular formula is C21H34N6O7. The van der Waals surface area contributed by atoms with Crippen LogP contribution < -0.4 is 21.7 Å². The van der Waals surface area contributed by atoms with Crippen LogP contribution in [0.3, 0.4) is 0 Å². The third kappa shape index (κ3) is 9.57. The maximum Gasteiger partial charge on any atom is 0.326 e. The topological polar surface area (TPSA) is 217 Å². The quantitative estimate of drug-likeness (QED) is 0.173. The molecule has 0 aliphatic heterocycles. The molecule has 0 fully saturated rings. The summed E-state index contributed by atoms with van der Waals surface area (Å²) in [5.41, 5.74) is 6.08. The number of aliphatic carboxylic acids is 2. The van der Waals surface area contributed by atoms with E-state index in [4.69, 9.17) is 10.8 Å². The normalized spacial score (nSPS) is 14.7. The second-order valence-corrected chi connectivity index (χ2v) is 8.81. The van der Waals surface area contributed by atoms with Gasteiger partial charge in [0.2, 0.25) is 17.7 Å². The lowest BCUT2D eigenvalue weighted by Gasteiger charge is -2.27. The first kappa shape index (κ1) is 28.6. The van der Waals surface area contributed by atoms with Crippen molar-refractivity contribution in [2.45, 2.75) is 71.1 Å². The van der Waals surface area contributed by atoms with E-state index in [0.29, 0.717) is 5.69 Å². The van der Waals surface area contributed by atoms with Crippen molar-refractivity contribution < 1.29 is 34.2 Å². The lowest BCUT2D eigenvalue weighted by molar-refractivity contribution is -0.142. The van der Waals surface area contributed by atoms with E-state index >= 15 is 0 Å². The van der Waals surface area contributed by atoms with Gasteiger partial charge in [0.15, 0.2) is 0 Å². The molecule has 13 nitrogen and oxygen atoms in total. The largest absolute Gasteiger partial charge is 0.481 e. The molecule has 0 saturated heterocycles. The first-order valence-electron chi connectivity index (χ1n) is 10.9. The van der Waals surface area contributed by atoms with Crippen LogP contribution in [0.5, 0.6) is 0 Å². The molecule has 1 rings (SSSR count). The zero-order valence-corrected chi connectivity index (χ0v) is 19.7. The van der Waals surface area contributed by atoms with Crippen molar-refractivity contribution in [1.82, 2.24) is 25.9 Å². The molecule has 190 valence electrons. The van der Waals surface area contributed by atoms with E-state index in [2.05, 4.69) is 25.9 Å². The summed E-state index contributed by atoms with van der Waals surface area (Å²) >= 11 is 0. The van der Waals surface area contributed by atoms with Crippen molar-refractivity contribution in [1.29, 1.82) is 0 Å². The van der Waals surface area contributed by atoms with Crippen molar-refractivity contribution in [2.24, 2.45) is 17.6 Å². The van der Waals surface area contributed by atoms with Crippen LogP contribution in [0.2, 0.25) is 0 Å². The van der Waals surface area contributed by atoms with Gasteiger partial charge in [-0.3, -0.25) is 19.2 Å². The molecule has 8 N–H and O–H groups in total. The first-order chi connectivity index (χ1) is 15.8. The van der Waals surface area contributed by atoms with Gasteiger partial charge in [-0.1, -0.05) is 27.7 Å². The zero-order chi connectivity index (χ0) is 26.0. The van der Waals surface area contributed by atoms with Crippen LogP contribution >= 0.6 is 0 Å². The summed E-state index contributed by atoms with van der Waals surface area (Å²) in [5, 5.41) is 25.8. The van der Waals surface area contributed by atoms with Gasteiger partial charge in [0, 0.05) is 18.3 Å². The smallest absolute Gasteiger partial charge is 0.326 e. The molecule has 1 aromatic heterocycles. The van der Waals surface area contributed by atoms with Crippen molar-refractivity contribution in [2.75, 3.05) is 0 Å². The summed E-state index contributed by atoms with van der Waals surface area (Å²) in [4.78, 5) is 67.1. The number of hydrogen-bond acceptors (Lipinski definition) is 7. The van der Waals surface area contributed by atoms with Crippen LogP contribution in [0.1, 0.15) is 46.2 Å². The first-order valence-corrected chi connectivity index (χ1v) is 10.9. The number of imidazole rings is 1. The molecule has 0 aliphatic carbocycles. The number of nitrogens with one attached hydrogen (secondary N) is 4. The molecule has 4 atom stereocenters. The van der Waals surface area contributed by atoms with Gasteiger partial charge >= 0.3 is 11.9 Å². The molecule has 13 heteroatoms. The van der Waals surface area contributed by atoms with Crippen molar-refractivity contribution >= 4 is 29.7 Å². The highest BCUT2D eigenvalue weighted by molar-refractivity contribution is 5.94. The van der Waals surface area contributed by atoms with Crippen LogP contribution in [-0.4, -0.2) is 74.0 Å². The minimum Gasteiger partial charge on any atom is -0.481 e. The second-order valence-electron chi connectivity index (χ2n) is 8.81. The van der Waals surface area contributed by atoms with Gasteiger partial charge < -0.3 is 36.9 Å². The minimum absolute atomic E-state index is 0.0250. The van der Waals surface area contributed by atoms with Crippen LogP contribution in [0.15, 0.2) is 12.5 Å². The predicted molar refractivity (Wildman–Crippen MR) is 120 cm³/mol. The monoisotopic (exact) mass is 482 g/mol. The fourth-order valence-electron chi connectivity index (χ4n) is 3.13. The number of hydrogen-bond donors (Lipinski definition) is 7. The van der Waals surface area contributed by atoms with Gasteiger partial charge in [0.05, 0.1) is 18.8 Å². The molecule has 0 spiro atoms. The third-order valence-electron chi connectivity index (χ3n) is 4.91. The Kier molecular flexibility index (Phi) is 11.2. The van der Waals surface area contributed by atoms with Gasteiger partial charge in [0.25, 0.3) is 0 Å². The highest BCUT2D eigenvalue weighted by Crippen LogP contribution is 2.09. The van der Waals surface area contributed by atoms with Crippen molar-refractivity contribution in [3.63, 3.8) is 0 Å². The molecule has 0 aliphatic rings. The number of H-pyrrole nitrogens is 1. The van der Waals surface area contributed by atoms with Gasteiger partial charge in [-0.05, 0) is 18.3 Å². The highest BCUT2D eigenvalue weighted by atomic mass is 16.4. The number of amides is 3. The maximum absolute atomic E-state index is 12.9. The number of nitrogens with zero attached hydrogens (tertiary/aromatic N) is 1. The van der Waals surface area contributed by atoms with Crippen molar-refractivity contribution in [3.05, 3.63) is 18.2 Å². The van der Waals surface area contributed by atoms with Gasteiger partial charge in [-0.15, -0.1) is 0 Å². The fraction of sp³-hybridized carbons (Fsp3) is 0.619. The maximum atomic E-state index is 12.9. The Morgan fingerprint density at radius 1 is 0.971 bits per heavy atom. The van der Waals surface area contributed by atoms with Crippen LogP contribution in [0.25, 0.3) is 0 Å². The second kappa shape index (κ2) is 13.3. The average Bonchev–Trinajstić information content (AvgIpc) is 3.22. The number of nitrogens with two attached hydrogens (primary N) is 1. The zero-order valence-electron chi connectivity index (χ0n) is 19.7. The molecule has 1 heterocycles. The number of carboxylic acid groups (broad SMARTS) is 2. The summed E-state index contributed by atoms with van der Waals surface area (Å²) in [7, 11) is 0. The minimum atomic E-state index is -1.35. The van der Waals surface area contributed by atoms with Gasteiger partial charge in [0.1, 0.15) is 18.1 Å². The van der Waals surface area contributed by atoms with E-state index in [1.807, 2.05) is 13.8 Å². The number of carbonyl (C=O) groups excluding carboxylic acids is 3. The molecule has 0 aromatic carbocycles. The average molecular weight is 483 g/mol. The summed E-state index contributed by atoms with van der Waals surface area (Å²) in [6.45, 7) is 6.99. The molecule has 1 aromatic rings. The molecule has 0 saturated carbocycles. The number of rotatable bonds is 14. The number of aromatic nitrogens is 2. The summed E-state index contributed by atoms with van der Waals surface area (Å²) in [6.07, 6.45) is 2.41. The Morgan fingerprint density at radius 3 is 2.06 bits per heavy atom. The third-order valence-corrected chi connectivity index (χ3v) is 4.91. The van der Waals surface area contributed by atoms with E-state index in [-0.39, 0.29) is 18.8 Å². The SMILES string of the molecule is CC(C)CC(NC(=O)C(NC(=O)C(N)CC(=O)O)C(C)C)C(=O)NC(Cc1cnc[nH]1)C(=O)O. The van der Waals surface area contributed by atoms with Gasteiger partial charge in [-0.25, -0.2) is 9.78 Å². The molecule has 3 amide bonds. The van der Waals surface area contributed by atoms with E-state index < -0.39 is 66.2 Å². The Labute approximate surface area is 197 Å². The number of aromatic amines is 1. The lowest BCUT2D eigenvalue weighted by atomic mass is 9.99. The van der Waals surface area contributed by atoms with Crippen LogP contribution in [-0.2, 0) is 30.4 Å². The Morgan fingerprint density at radius 2 is 1.59 bits per heavy atom. The fourth-order valence-corrected chi connectivity index (χ4v) is 3.13. The summed E-state index contributed by atoms with van der Waals surface area (Å²) < 4.78 is 0.